The molecular formula is C40H44O9. The van der Waals surface area contributed by atoms with Gasteiger partial charge in [-0.1, -0.05) is 25.1 Å². The van der Waals surface area contributed by atoms with E-state index in [9.17, 15) is 19.2 Å². The maximum Gasteiger partial charge on any atom is 0.343 e. The third-order valence-corrected chi connectivity index (χ3v) is 8.07. The van der Waals surface area contributed by atoms with Gasteiger partial charge in [0.25, 0.3) is 0 Å². The van der Waals surface area contributed by atoms with Crippen LogP contribution in [0.1, 0.15) is 76.8 Å². The van der Waals surface area contributed by atoms with Crippen LogP contribution in [-0.4, -0.2) is 50.1 Å². The van der Waals surface area contributed by atoms with Crippen LogP contribution >= 0.6 is 0 Å². The van der Waals surface area contributed by atoms with Gasteiger partial charge in [-0.3, -0.25) is 4.79 Å². The highest BCUT2D eigenvalue weighted by Crippen LogP contribution is 2.27. The molecule has 1 fully saturated rings. The summed E-state index contributed by atoms with van der Waals surface area (Å²) in [5.41, 5.74) is 2.62. The number of esters is 3. The van der Waals surface area contributed by atoms with Crippen molar-refractivity contribution in [2.24, 2.45) is 5.92 Å². The average molecular weight is 669 g/mol. The molecule has 0 N–H and O–H groups in total. The normalized spacial score (nSPS) is 12.5. The van der Waals surface area contributed by atoms with Crippen LogP contribution in [0, 0.1) is 12.8 Å². The zero-order valence-corrected chi connectivity index (χ0v) is 28.0. The molecule has 0 bridgehead atoms. The van der Waals surface area contributed by atoms with E-state index in [1.807, 2.05) is 13.0 Å². The molecule has 0 radical (unpaired) electrons. The van der Waals surface area contributed by atoms with Gasteiger partial charge < -0.3 is 23.7 Å². The Morgan fingerprint density at radius 1 is 0.714 bits per heavy atom. The average Bonchev–Trinajstić information content (AvgIpc) is 3.08. The monoisotopic (exact) mass is 668 g/mol. The quantitative estimate of drug-likeness (QED) is 0.0395. The predicted molar refractivity (Wildman–Crippen MR) is 185 cm³/mol. The number of unbranched alkanes of at least 4 members (excludes halogenated alkanes) is 2. The van der Waals surface area contributed by atoms with Crippen molar-refractivity contribution < 1.29 is 42.9 Å². The lowest BCUT2D eigenvalue weighted by atomic mass is 9.85. The van der Waals surface area contributed by atoms with Crippen LogP contribution in [0.3, 0.4) is 0 Å². The van der Waals surface area contributed by atoms with E-state index in [1.54, 1.807) is 66.7 Å². The highest BCUT2D eigenvalue weighted by atomic mass is 16.5. The third-order valence-electron chi connectivity index (χ3n) is 8.07. The van der Waals surface area contributed by atoms with Crippen LogP contribution in [-0.2, 0) is 25.5 Å². The number of ether oxygens (including phenoxy) is 5. The van der Waals surface area contributed by atoms with Gasteiger partial charge >= 0.3 is 17.9 Å². The number of rotatable bonds is 20. The topological polar surface area (TPSA) is 114 Å². The summed E-state index contributed by atoms with van der Waals surface area (Å²) in [6, 6.07) is 18.9. The first kappa shape index (κ1) is 36.7. The number of hydrogen-bond donors (Lipinski definition) is 0. The van der Waals surface area contributed by atoms with E-state index in [2.05, 4.69) is 6.58 Å². The number of carbonyl (C=O) groups excluding carboxylic acids is 4. The lowest BCUT2D eigenvalue weighted by Gasteiger charge is -2.20. The summed E-state index contributed by atoms with van der Waals surface area (Å²) >= 11 is 0. The molecule has 0 amide bonds. The Hall–Kier alpha value is -5.18. The smallest absolute Gasteiger partial charge is 0.343 e. The number of ketones is 1. The molecule has 0 saturated heterocycles. The van der Waals surface area contributed by atoms with Gasteiger partial charge in [0.2, 0.25) is 0 Å². The summed E-state index contributed by atoms with van der Waals surface area (Å²) in [4.78, 5) is 48.5. The van der Waals surface area contributed by atoms with Crippen LogP contribution < -0.4 is 14.2 Å². The van der Waals surface area contributed by atoms with E-state index in [-0.39, 0.29) is 18.2 Å². The highest BCUT2D eigenvalue weighted by Gasteiger charge is 2.15. The fourth-order valence-corrected chi connectivity index (χ4v) is 4.88. The van der Waals surface area contributed by atoms with Gasteiger partial charge in [-0.15, -0.1) is 0 Å². The molecule has 1 aliphatic carbocycles. The van der Waals surface area contributed by atoms with Crippen molar-refractivity contribution in [1.82, 2.24) is 0 Å². The van der Waals surface area contributed by atoms with Crippen molar-refractivity contribution in [3.05, 3.63) is 114 Å². The fraction of sp³-hybridized carbons (Fsp3) is 0.350. The predicted octanol–water partition coefficient (Wildman–Crippen LogP) is 7.59. The van der Waals surface area contributed by atoms with Crippen molar-refractivity contribution in [3.8, 4) is 17.2 Å². The molecule has 9 heteroatoms. The van der Waals surface area contributed by atoms with Crippen LogP contribution in [0.2, 0.25) is 0 Å². The number of allylic oxidation sites excluding steroid dienone is 1. The van der Waals surface area contributed by atoms with Crippen molar-refractivity contribution >= 4 is 23.7 Å². The lowest BCUT2D eigenvalue weighted by Crippen LogP contribution is -2.10. The first-order valence-corrected chi connectivity index (χ1v) is 16.8. The second-order valence-corrected chi connectivity index (χ2v) is 11.8. The summed E-state index contributed by atoms with van der Waals surface area (Å²) in [7, 11) is 0. The van der Waals surface area contributed by atoms with Crippen molar-refractivity contribution in [3.63, 3.8) is 0 Å². The molecule has 1 saturated carbocycles. The first-order valence-electron chi connectivity index (χ1n) is 16.8. The first-order chi connectivity index (χ1) is 23.8. The number of benzene rings is 3. The Bertz CT molecular complexity index is 1580. The standard InChI is InChI=1S/C40H44O9/c1-3-38(42)47-25-6-4-23-46-35-19-14-32(15-20-35)40(44)49-36-21-16-33(29(2)27-36)28-37(41)31-12-17-34(18-13-31)45-24-5-7-26-48-39(43)22-11-30-9-8-10-30/h3,11-22,27,30H,1,4-10,23-26,28H2,2H3/b22-11+. The fourth-order valence-electron chi connectivity index (χ4n) is 4.88. The largest absolute Gasteiger partial charge is 0.494 e. The number of aryl methyl sites for hydroxylation is 1. The summed E-state index contributed by atoms with van der Waals surface area (Å²) in [6.45, 7) is 6.83. The molecule has 1 aliphatic rings. The van der Waals surface area contributed by atoms with Crippen LogP contribution in [0.25, 0.3) is 0 Å². The summed E-state index contributed by atoms with van der Waals surface area (Å²) in [5.74, 6) is 0.932. The lowest BCUT2D eigenvalue weighted by molar-refractivity contribution is -0.138. The molecule has 3 aromatic carbocycles. The number of hydrogen-bond acceptors (Lipinski definition) is 9. The van der Waals surface area contributed by atoms with Gasteiger partial charge in [0.1, 0.15) is 17.2 Å². The van der Waals surface area contributed by atoms with Crippen molar-refractivity contribution in [2.45, 2.75) is 58.3 Å². The molecule has 49 heavy (non-hydrogen) atoms. The van der Waals surface area contributed by atoms with E-state index in [0.29, 0.717) is 80.0 Å². The molecule has 0 aliphatic heterocycles. The van der Waals surface area contributed by atoms with E-state index < -0.39 is 11.9 Å². The summed E-state index contributed by atoms with van der Waals surface area (Å²) < 4.78 is 27.2. The SMILES string of the molecule is C=CC(=O)OCCCCOc1ccc(C(=O)Oc2ccc(CC(=O)c3ccc(OCCCCOC(=O)/C=C/C4CCC4)cc3)c(C)c2)cc1. The van der Waals surface area contributed by atoms with Crippen LogP contribution in [0.5, 0.6) is 17.2 Å². The Morgan fingerprint density at radius 3 is 1.82 bits per heavy atom. The molecule has 0 spiro atoms. The minimum atomic E-state index is -0.503. The van der Waals surface area contributed by atoms with Gasteiger partial charge in [0.05, 0.1) is 32.0 Å². The minimum absolute atomic E-state index is 0.0361. The van der Waals surface area contributed by atoms with E-state index in [4.69, 9.17) is 23.7 Å². The zero-order valence-electron chi connectivity index (χ0n) is 28.0. The molecule has 258 valence electrons. The Morgan fingerprint density at radius 2 is 1.27 bits per heavy atom. The molecule has 0 aromatic heterocycles. The van der Waals surface area contributed by atoms with Crippen molar-refractivity contribution in [1.29, 1.82) is 0 Å². The maximum absolute atomic E-state index is 13.0. The molecule has 0 unspecified atom stereocenters. The molecule has 3 aromatic rings. The zero-order chi connectivity index (χ0) is 34.8. The van der Waals surface area contributed by atoms with Crippen molar-refractivity contribution in [2.75, 3.05) is 26.4 Å². The minimum Gasteiger partial charge on any atom is -0.494 e. The molecule has 9 nitrogen and oxygen atoms in total. The van der Waals surface area contributed by atoms with Crippen LogP contribution in [0.15, 0.2) is 91.5 Å². The molecule has 0 atom stereocenters. The Balaban J connectivity index is 1.14. The van der Waals surface area contributed by atoms with Gasteiger partial charge in [-0.25, -0.2) is 14.4 Å². The Labute approximate surface area is 287 Å². The maximum atomic E-state index is 13.0. The summed E-state index contributed by atoms with van der Waals surface area (Å²) in [5, 5.41) is 0. The van der Waals surface area contributed by atoms with E-state index >= 15 is 0 Å². The third kappa shape index (κ3) is 12.7. The highest BCUT2D eigenvalue weighted by molar-refractivity contribution is 5.97. The van der Waals surface area contributed by atoms with Gasteiger partial charge in [0.15, 0.2) is 5.78 Å². The van der Waals surface area contributed by atoms with Gasteiger partial charge in [0, 0.05) is 24.1 Å². The second kappa shape index (κ2) is 19.6. The second-order valence-electron chi connectivity index (χ2n) is 11.8. The molecular weight excluding hydrogens is 624 g/mol. The van der Waals surface area contributed by atoms with Crippen LogP contribution in [0.4, 0.5) is 0 Å². The molecule has 0 heterocycles. The van der Waals surface area contributed by atoms with Gasteiger partial charge in [-0.05, 0) is 123 Å². The molecule has 4 rings (SSSR count). The summed E-state index contributed by atoms with van der Waals surface area (Å²) in [6.07, 6.45) is 11.2. The van der Waals surface area contributed by atoms with Gasteiger partial charge in [-0.2, -0.15) is 0 Å². The number of Topliss-reactive ketones (excluding diaryl/α,β-unsaturated/α-hetero) is 1. The van der Waals surface area contributed by atoms with E-state index in [1.165, 1.54) is 12.5 Å². The van der Waals surface area contributed by atoms with E-state index in [0.717, 1.165) is 36.5 Å². The Kier molecular flexibility index (Phi) is 14.7. The number of carbonyl (C=O) groups is 4.